The number of fused-ring (bicyclic) bond motifs is 1. The summed E-state index contributed by atoms with van der Waals surface area (Å²) < 4.78 is 43.2. The van der Waals surface area contributed by atoms with E-state index in [1.807, 2.05) is 20.2 Å². The van der Waals surface area contributed by atoms with Gasteiger partial charge in [0.05, 0.1) is 28.0 Å². The van der Waals surface area contributed by atoms with Crippen molar-refractivity contribution in [2.24, 2.45) is 7.05 Å². The van der Waals surface area contributed by atoms with Gasteiger partial charge >= 0.3 is 6.18 Å². The summed E-state index contributed by atoms with van der Waals surface area (Å²) in [6.07, 6.45) is -2.71. The van der Waals surface area contributed by atoms with Crippen LogP contribution in [0.4, 0.5) is 18.3 Å². The van der Waals surface area contributed by atoms with Crippen molar-refractivity contribution in [1.82, 2.24) is 29.5 Å². The first-order valence-corrected chi connectivity index (χ1v) is 10.1. The molecule has 0 aliphatic carbocycles. The minimum atomic E-state index is -4.55. The monoisotopic (exact) mass is 449 g/mol. The summed E-state index contributed by atoms with van der Waals surface area (Å²) in [5.74, 6) is -0.468. The number of anilines is 1. The number of thiazole rings is 1. The number of carbonyl (C=O) groups is 1. The molecule has 8 nitrogen and oxygen atoms in total. The van der Waals surface area contributed by atoms with Crippen LogP contribution in [-0.2, 0) is 24.6 Å². The molecule has 0 fully saturated rings. The van der Waals surface area contributed by atoms with E-state index in [-0.39, 0.29) is 29.0 Å². The fourth-order valence-corrected chi connectivity index (χ4v) is 4.14. The number of halogens is 3. The van der Waals surface area contributed by atoms with Crippen LogP contribution in [0.3, 0.4) is 0 Å². The Morgan fingerprint density at radius 3 is 2.55 bits per heavy atom. The summed E-state index contributed by atoms with van der Waals surface area (Å²) in [5.41, 5.74) is 1.90. The molecule has 0 spiro atoms. The fourth-order valence-electron chi connectivity index (χ4n) is 3.41. The lowest BCUT2D eigenvalue weighted by Crippen LogP contribution is -2.20. The molecule has 0 saturated heterocycles. The topological polar surface area (TPSA) is 90.5 Å². The lowest BCUT2D eigenvalue weighted by atomic mass is 10.1. The third-order valence-corrected chi connectivity index (χ3v) is 5.40. The number of alkyl halides is 3. The molecule has 162 valence electrons. The Balaban J connectivity index is 1.59. The summed E-state index contributed by atoms with van der Waals surface area (Å²) in [4.78, 5) is 21.1. The molecule has 0 atom stereocenters. The van der Waals surface area contributed by atoms with Crippen molar-refractivity contribution < 1.29 is 18.0 Å². The van der Waals surface area contributed by atoms with Gasteiger partial charge in [0.2, 0.25) is 5.91 Å². The van der Waals surface area contributed by atoms with Gasteiger partial charge in [-0.1, -0.05) is 0 Å². The average molecular weight is 449 g/mol. The Morgan fingerprint density at radius 2 is 1.90 bits per heavy atom. The second-order valence-electron chi connectivity index (χ2n) is 7.14. The lowest BCUT2D eigenvalue weighted by molar-refractivity contribution is -0.136. The minimum absolute atomic E-state index is 0.0192. The second-order valence-corrected chi connectivity index (χ2v) is 8.00. The van der Waals surface area contributed by atoms with Crippen LogP contribution in [0.25, 0.3) is 22.3 Å². The molecule has 0 radical (unpaired) electrons. The van der Waals surface area contributed by atoms with Crippen LogP contribution in [0, 0.1) is 20.8 Å². The average Bonchev–Trinajstić information content (AvgIpc) is 3.32. The van der Waals surface area contributed by atoms with Gasteiger partial charge in [0.15, 0.2) is 10.8 Å². The molecule has 0 aliphatic heterocycles. The maximum atomic E-state index is 13.5. The number of hydrogen-bond donors (Lipinski definition) is 1. The Bertz CT molecular complexity index is 1300. The normalized spacial score (nSPS) is 12.0. The number of nitrogens with zero attached hydrogens (tertiary/aromatic N) is 6. The molecule has 31 heavy (non-hydrogen) atoms. The predicted molar refractivity (Wildman–Crippen MR) is 110 cm³/mol. The van der Waals surface area contributed by atoms with E-state index in [1.54, 1.807) is 10.1 Å². The summed E-state index contributed by atoms with van der Waals surface area (Å²) in [7, 11) is 1.81. The molecule has 4 heterocycles. The van der Waals surface area contributed by atoms with Crippen molar-refractivity contribution in [3.8, 4) is 11.3 Å². The van der Waals surface area contributed by atoms with Crippen LogP contribution in [0.1, 0.15) is 22.6 Å². The molecular formula is C19H18F3N7OS. The lowest BCUT2D eigenvalue weighted by Gasteiger charge is -2.10. The van der Waals surface area contributed by atoms with Gasteiger partial charge in [-0.05, 0) is 26.8 Å². The van der Waals surface area contributed by atoms with E-state index in [0.717, 1.165) is 17.3 Å². The molecule has 4 aromatic heterocycles. The second kappa shape index (κ2) is 7.45. The first-order chi connectivity index (χ1) is 14.5. The molecule has 4 aromatic rings. The molecule has 1 N–H and O–H groups in total. The first-order valence-electron chi connectivity index (χ1n) is 9.21. The van der Waals surface area contributed by atoms with Gasteiger partial charge in [-0.3, -0.25) is 9.48 Å². The molecule has 0 bridgehead atoms. The smallest absolute Gasteiger partial charge is 0.300 e. The SMILES string of the molecule is Cc1cc(C(F)(F)F)c2c(C)nn(CC(=O)Nc3nc(-c4cn(C)nc4C)cs3)c2n1. The summed E-state index contributed by atoms with van der Waals surface area (Å²) >= 11 is 1.24. The Kier molecular flexibility index (Phi) is 5.04. The van der Waals surface area contributed by atoms with Gasteiger partial charge in [0.25, 0.3) is 0 Å². The number of aryl methyl sites for hydroxylation is 4. The molecule has 0 unspecified atom stereocenters. The van der Waals surface area contributed by atoms with Crippen LogP contribution < -0.4 is 5.32 Å². The van der Waals surface area contributed by atoms with Gasteiger partial charge in [-0.25, -0.2) is 14.6 Å². The summed E-state index contributed by atoms with van der Waals surface area (Å²) in [6, 6.07) is 0.985. The molecule has 1 amide bonds. The van der Waals surface area contributed by atoms with Gasteiger partial charge < -0.3 is 5.32 Å². The third kappa shape index (κ3) is 4.02. The van der Waals surface area contributed by atoms with Gasteiger partial charge in [0.1, 0.15) is 6.54 Å². The number of aromatic nitrogens is 6. The van der Waals surface area contributed by atoms with E-state index in [0.29, 0.717) is 10.8 Å². The Hall–Kier alpha value is -3.28. The van der Waals surface area contributed by atoms with E-state index in [2.05, 4.69) is 25.5 Å². The van der Waals surface area contributed by atoms with E-state index < -0.39 is 17.6 Å². The van der Waals surface area contributed by atoms with Crippen LogP contribution in [0.5, 0.6) is 0 Å². The maximum Gasteiger partial charge on any atom is 0.417 e. The van der Waals surface area contributed by atoms with Gasteiger partial charge in [0, 0.05) is 29.9 Å². The van der Waals surface area contributed by atoms with Gasteiger partial charge in [-0.2, -0.15) is 23.4 Å². The van der Waals surface area contributed by atoms with Crippen LogP contribution in [0.2, 0.25) is 0 Å². The first kappa shape index (κ1) is 21.0. The third-order valence-electron chi connectivity index (χ3n) is 4.64. The summed E-state index contributed by atoms with van der Waals surface area (Å²) in [6.45, 7) is 4.51. The fraction of sp³-hybridized carbons (Fsp3) is 0.316. The molecule has 0 saturated carbocycles. The molecule has 0 aliphatic rings. The predicted octanol–water partition coefficient (Wildman–Crippen LogP) is 3.87. The van der Waals surface area contributed by atoms with Crippen LogP contribution in [0.15, 0.2) is 17.6 Å². The molecule has 0 aromatic carbocycles. The Labute approximate surface area is 178 Å². The van der Waals surface area contributed by atoms with E-state index >= 15 is 0 Å². The number of rotatable bonds is 4. The van der Waals surface area contributed by atoms with Crippen LogP contribution >= 0.6 is 11.3 Å². The highest BCUT2D eigenvalue weighted by Gasteiger charge is 2.35. The zero-order valence-electron chi connectivity index (χ0n) is 17.1. The van der Waals surface area contributed by atoms with Crippen molar-refractivity contribution in [2.45, 2.75) is 33.5 Å². The Morgan fingerprint density at radius 1 is 1.16 bits per heavy atom. The van der Waals surface area contributed by atoms with E-state index in [1.165, 1.54) is 29.9 Å². The number of pyridine rings is 1. The van der Waals surface area contributed by atoms with Crippen molar-refractivity contribution >= 4 is 33.4 Å². The number of carbonyl (C=O) groups excluding carboxylic acids is 1. The standard InChI is InChI=1S/C19H18F3N7OS/c1-9-5-13(19(20,21)22)16-11(3)27-29(17(16)23-9)7-15(30)25-18-24-14(8-31-18)12-6-28(4)26-10(12)2/h5-6,8H,7H2,1-4H3,(H,24,25,30). The van der Waals surface area contributed by atoms with Gasteiger partial charge in [-0.15, -0.1) is 11.3 Å². The van der Waals surface area contributed by atoms with Crippen molar-refractivity contribution in [3.63, 3.8) is 0 Å². The van der Waals surface area contributed by atoms with E-state index in [4.69, 9.17) is 0 Å². The quantitative estimate of drug-likeness (QED) is 0.511. The zero-order valence-corrected chi connectivity index (χ0v) is 17.9. The van der Waals surface area contributed by atoms with Crippen molar-refractivity contribution in [2.75, 3.05) is 5.32 Å². The number of hydrogen-bond acceptors (Lipinski definition) is 6. The minimum Gasteiger partial charge on any atom is -0.300 e. The van der Waals surface area contributed by atoms with Crippen LogP contribution in [-0.4, -0.2) is 35.4 Å². The van der Waals surface area contributed by atoms with Crippen molar-refractivity contribution in [1.29, 1.82) is 0 Å². The summed E-state index contributed by atoms with van der Waals surface area (Å²) in [5, 5.41) is 13.1. The molecular weight excluding hydrogens is 431 g/mol. The largest absolute Gasteiger partial charge is 0.417 e. The highest BCUT2D eigenvalue weighted by atomic mass is 32.1. The highest BCUT2D eigenvalue weighted by molar-refractivity contribution is 7.14. The van der Waals surface area contributed by atoms with E-state index in [9.17, 15) is 18.0 Å². The van der Waals surface area contributed by atoms with Crippen molar-refractivity contribution in [3.05, 3.63) is 40.3 Å². The number of amides is 1. The zero-order chi connectivity index (χ0) is 22.5. The molecule has 4 rings (SSSR count). The number of nitrogens with one attached hydrogen (secondary N) is 1. The molecule has 12 heteroatoms. The highest BCUT2D eigenvalue weighted by Crippen LogP contribution is 2.36. The maximum absolute atomic E-state index is 13.5.